The molecule has 30 heavy (non-hydrogen) atoms. The Kier molecular flexibility index (Phi) is 8.55. The van der Waals surface area contributed by atoms with E-state index in [0.717, 1.165) is 64.5 Å². The standard InChI is InChI=1S/C24H36N2O4/c1-25-16-9-3-4-10-17-26(23(27)15-18-29-2)20-12-6-8-14-22(20)30-21-13-7-5-11-19(21)24(25)28/h5,7,11,13,20,22H,3-4,6,8-10,12,14-18H2,1-2H3/t20-,22+/m1/s1. The van der Waals surface area contributed by atoms with E-state index >= 15 is 0 Å². The van der Waals surface area contributed by atoms with E-state index in [1.807, 2.05) is 36.2 Å². The summed E-state index contributed by atoms with van der Waals surface area (Å²) in [5.41, 5.74) is 0.610. The first kappa shape index (κ1) is 22.6. The maximum atomic E-state index is 13.0. The van der Waals surface area contributed by atoms with Crippen LogP contribution in [-0.2, 0) is 9.53 Å². The topological polar surface area (TPSA) is 59.1 Å². The first-order valence-corrected chi connectivity index (χ1v) is 11.4. The van der Waals surface area contributed by atoms with Crippen LogP contribution in [-0.4, -0.2) is 67.6 Å². The molecule has 1 fully saturated rings. The van der Waals surface area contributed by atoms with Crippen LogP contribution in [0.15, 0.2) is 24.3 Å². The number of amides is 2. The molecular weight excluding hydrogens is 380 g/mol. The van der Waals surface area contributed by atoms with E-state index in [-0.39, 0.29) is 24.0 Å². The van der Waals surface area contributed by atoms with Crippen LogP contribution in [0.25, 0.3) is 0 Å². The summed E-state index contributed by atoms with van der Waals surface area (Å²) < 4.78 is 11.6. The van der Waals surface area contributed by atoms with Gasteiger partial charge in [-0.3, -0.25) is 9.59 Å². The maximum absolute atomic E-state index is 13.0. The first-order chi connectivity index (χ1) is 14.6. The Bertz CT molecular complexity index is 708. The number of carbonyl (C=O) groups excluding carboxylic acids is 2. The molecule has 1 aromatic rings. The molecule has 0 bridgehead atoms. The molecule has 166 valence electrons. The van der Waals surface area contributed by atoms with Gasteiger partial charge in [0.1, 0.15) is 11.9 Å². The van der Waals surface area contributed by atoms with Gasteiger partial charge in [-0.15, -0.1) is 0 Å². The molecule has 1 heterocycles. The van der Waals surface area contributed by atoms with Crippen LogP contribution in [0.4, 0.5) is 0 Å². The van der Waals surface area contributed by atoms with E-state index in [0.29, 0.717) is 24.3 Å². The largest absolute Gasteiger partial charge is 0.487 e. The van der Waals surface area contributed by atoms with Crippen LogP contribution in [0.5, 0.6) is 5.75 Å². The van der Waals surface area contributed by atoms with Crippen molar-refractivity contribution in [2.45, 2.75) is 69.9 Å². The number of ether oxygens (including phenoxy) is 2. The van der Waals surface area contributed by atoms with E-state index in [4.69, 9.17) is 9.47 Å². The zero-order chi connectivity index (χ0) is 21.3. The minimum absolute atomic E-state index is 0.00282. The van der Waals surface area contributed by atoms with Crippen LogP contribution in [0.1, 0.15) is 68.1 Å². The summed E-state index contributed by atoms with van der Waals surface area (Å²) in [4.78, 5) is 29.9. The summed E-state index contributed by atoms with van der Waals surface area (Å²) in [6.07, 6.45) is 8.40. The van der Waals surface area contributed by atoms with Gasteiger partial charge in [-0.2, -0.15) is 0 Å². The molecule has 1 aliphatic heterocycles. The van der Waals surface area contributed by atoms with Gasteiger partial charge in [0.25, 0.3) is 5.91 Å². The highest BCUT2D eigenvalue weighted by Crippen LogP contribution is 2.30. The number of carbonyl (C=O) groups is 2. The molecule has 6 heteroatoms. The molecule has 0 aromatic heterocycles. The van der Waals surface area contributed by atoms with Gasteiger partial charge in [0, 0.05) is 27.2 Å². The van der Waals surface area contributed by atoms with E-state index in [1.54, 1.807) is 12.0 Å². The first-order valence-electron chi connectivity index (χ1n) is 11.4. The van der Waals surface area contributed by atoms with Crippen LogP contribution in [0, 0.1) is 0 Å². The van der Waals surface area contributed by atoms with Crippen molar-refractivity contribution >= 4 is 11.8 Å². The SMILES string of the molecule is COCCC(=O)N1CCCCCCN(C)C(=O)c2ccccc2O[C@H]2CCCC[C@H]21. The second-order valence-electron chi connectivity index (χ2n) is 8.48. The van der Waals surface area contributed by atoms with Crippen molar-refractivity contribution in [2.75, 3.05) is 33.9 Å². The van der Waals surface area contributed by atoms with E-state index < -0.39 is 0 Å². The Balaban J connectivity index is 1.89. The van der Waals surface area contributed by atoms with Crippen LogP contribution >= 0.6 is 0 Å². The summed E-state index contributed by atoms with van der Waals surface area (Å²) >= 11 is 0. The highest BCUT2D eigenvalue weighted by atomic mass is 16.5. The maximum Gasteiger partial charge on any atom is 0.257 e. The summed E-state index contributed by atoms with van der Waals surface area (Å²) in [6, 6.07) is 7.58. The summed E-state index contributed by atoms with van der Waals surface area (Å²) in [5, 5.41) is 0. The van der Waals surface area contributed by atoms with Gasteiger partial charge in [0.05, 0.1) is 24.6 Å². The zero-order valence-electron chi connectivity index (χ0n) is 18.5. The van der Waals surface area contributed by atoms with Gasteiger partial charge in [0.2, 0.25) is 5.91 Å². The van der Waals surface area contributed by atoms with Crippen molar-refractivity contribution in [3.63, 3.8) is 0 Å². The molecule has 1 aromatic carbocycles. The molecular formula is C24H36N2O4. The lowest BCUT2D eigenvalue weighted by Crippen LogP contribution is -2.51. The second-order valence-corrected chi connectivity index (χ2v) is 8.48. The average molecular weight is 417 g/mol. The predicted molar refractivity (Wildman–Crippen MR) is 117 cm³/mol. The van der Waals surface area contributed by atoms with Gasteiger partial charge >= 0.3 is 0 Å². The molecule has 2 aliphatic rings. The van der Waals surface area contributed by atoms with Gasteiger partial charge < -0.3 is 19.3 Å². The van der Waals surface area contributed by atoms with E-state index in [2.05, 4.69) is 0 Å². The van der Waals surface area contributed by atoms with E-state index in [1.165, 1.54) is 0 Å². The number of nitrogens with zero attached hydrogens (tertiary/aromatic N) is 2. The fraction of sp³-hybridized carbons (Fsp3) is 0.667. The van der Waals surface area contributed by atoms with Gasteiger partial charge in [-0.05, 0) is 44.2 Å². The zero-order valence-corrected chi connectivity index (χ0v) is 18.5. The second kappa shape index (κ2) is 11.3. The summed E-state index contributed by atoms with van der Waals surface area (Å²) in [5.74, 6) is 0.782. The Labute approximate surface area is 180 Å². The third-order valence-corrected chi connectivity index (χ3v) is 6.29. The Morgan fingerprint density at radius 1 is 1.07 bits per heavy atom. The quantitative estimate of drug-likeness (QED) is 0.750. The number of rotatable bonds is 3. The predicted octanol–water partition coefficient (Wildman–Crippen LogP) is 3.89. The molecule has 1 saturated carbocycles. The van der Waals surface area contributed by atoms with Gasteiger partial charge in [-0.1, -0.05) is 31.4 Å². The van der Waals surface area contributed by atoms with Crippen molar-refractivity contribution in [3.05, 3.63) is 29.8 Å². The highest BCUT2D eigenvalue weighted by molar-refractivity contribution is 5.96. The Morgan fingerprint density at radius 3 is 2.60 bits per heavy atom. The van der Waals surface area contributed by atoms with Crippen molar-refractivity contribution in [2.24, 2.45) is 0 Å². The van der Waals surface area contributed by atoms with E-state index in [9.17, 15) is 9.59 Å². The highest BCUT2D eigenvalue weighted by Gasteiger charge is 2.35. The van der Waals surface area contributed by atoms with Crippen LogP contribution in [0.2, 0.25) is 0 Å². The number of para-hydroxylation sites is 1. The molecule has 0 radical (unpaired) electrons. The lowest BCUT2D eigenvalue weighted by Gasteiger charge is -2.40. The lowest BCUT2D eigenvalue weighted by atomic mass is 9.90. The van der Waals surface area contributed by atoms with Gasteiger partial charge in [-0.25, -0.2) is 0 Å². The molecule has 0 N–H and O–H groups in total. The number of benzene rings is 1. The average Bonchev–Trinajstić information content (AvgIpc) is 2.77. The Morgan fingerprint density at radius 2 is 1.80 bits per heavy atom. The van der Waals surface area contributed by atoms with Gasteiger partial charge in [0.15, 0.2) is 0 Å². The molecule has 2 atom stereocenters. The molecule has 0 saturated heterocycles. The molecule has 0 unspecified atom stereocenters. The number of hydrogen-bond acceptors (Lipinski definition) is 4. The Hall–Kier alpha value is -2.08. The molecule has 1 aliphatic carbocycles. The monoisotopic (exact) mass is 416 g/mol. The number of methoxy groups -OCH3 is 1. The molecule has 0 spiro atoms. The number of fused-ring (bicyclic) bond motifs is 2. The minimum Gasteiger partial charge on any atom is -0.487 e. The number of hydrogen-bond donors (Lipinski definition) is 0. The molecule has 2 amide bonds. The minimum atomic E-state index is -0.0903. The third kappa shape index (κ3) is 5.75. The third-order valence-electron chi connectivity index (χ3n) is 6.29. The fourth-order valence-electron chi connectivity index (χ4n) is 4.58. The summed E-state index contributed by atoms with van der Waals surface area (Å²) in [6.45, 7) is 1.94. The summed E-state index contributed by atoms with van der Waals surface area (Å²) in [7, 11) is 3.50. The molecule has 3 rings (SSSR count). The van der Waals surface area contributed by atoms with Crippen molar-refractivity contribution in [1.29, 1.82) is 0 Å². The molecule has 6 nitrogen and oxygen atoms in total. The fourth-order valence-corrected chi connectivity index (χ4v) is 4.58. The van der Waals surface area contributed by atoms with Crippen molar-refractivity contribution < 1.29 is 19.1 Å². The smallest absolute Gasteiger partial charge is 0.257 e. The van der Waals surface area contributed by atoms with Crippen molar-refractivity contribution in [3.8, 4) is 5.75 Å². The van der Waals surface area contributed by atoms with Crippen molar-refractivity contribution in [1.82, 2.24) is 9.80 Å². The lowest BCUT2D eigenvalue weighted by molar-refractivity contribution is -0.137. The van der Waals surface area contributed by atoms with Crippen LogP contribution < -0.4 is 4.74 Å². The van der Waals surface area contributed by atoms with Crippen LogP contribution in [0.3, 0.4) is 0 Å². The normalized spacial score (nSPS) is 23.7.